The number of hydrogen-bond acceptors (Lipinski definition) is 4. The zero-order chi connectivity index (χ0) is 14.1. The van der Waals surface area contributed by atoms with E-state index in [4.69, 9.17) is 9.84 Å². The minimum Gasteiger partial charge on any atom is -0.484 e. The molecular weight excluding hydrogens is 252 g/mol. The van der Waals surface area contributed by atoms with Crippen LogP contribution in [0.5, 0.6) is 5.75 Å². The van der Waals surface area contributed by atoms with Crippen molar-refractivity contribution in [1.82, 2.24) is 10.6 Å². The number of hydrogen-bond donors (Lipinski definition) is 3. The first kappa shape index (κ1) is 14.5. The fraction of sp³-hybridized carbons (Fsp3) is 0.250. The van der Waals surface area contributed by atoms with E-state index in [0.29, 0.717) is 5.75 Å². The summed E-state index contributed by atoms with van der Waals surface area (Å²) in [4.78, 5) is 32.6. The van der Waals surface area contributed by atoms with Gasteiger partial charge in [0.1, 0.15) is 12.3 Å². The summed E-state index contributed by atoms with van der Waals surface area (Å²) >= 11 is 0. The predicted molar refractivity (Wildman–Crippen MR) is 65.6 cm³/mol. The van der Waals surface area contributed by atoms with Crippen LogP contribution in [0, 0.1) is 0 Å². The molecule has 0 bridgehead atoms. The Hall–Kier alpha value is -2.57. The molecule has 3 N–H and O–H groups in total. The fourth-order valence-corrected chi connectivity index (χ4v) is 1.13. The maximum Gasteiger partial charge on any atom is 0.322 e. The molecule has 7 nitrogen and oxygen atoms in total. The molecule has 0 spiro atoms. The third-order valence-electron chi connectivity index (χ3n) is 2.00. The Morgan fingerprint density at radius 1 is 1.00 bits per heavy atom. The Labute approximate surface area is 109 Å². The lowest BCUT2D eigenvalue weighted by Gasteiger charge is -2.07. The Bertz CT molecular complexity index is 447. The van der Waals surface area contributed by atoms with E-state index in [2.05, 4.69) is 10.6 Å². The summed E-state index contributed by atoms with van der Waals surface area (Å²) in [6.07, 6.45) is 0. The number of amides is 2. The van der Waals surface area contributed by atoms with Gasteiger partial charge in [0.2, 0.25) is 5.91 Å². The second-order valence-corrected chi connectivity index (χ2v) is 3.55. The van der Waals surface area contributed by atoms with Gasteiger partial charge in [-0.1, -0.05) is 18.2 Å². The number of ether oxygens (including phenoxy) is 1. The van der Waals surface area contributed by atoms with Crippen LogP contribution < -0.4 is 15.4 Å². The number of carbonyl (C=O) groups is 3. The van der Waals surface area contributed by atoms with E-state index in [9.17, 15) is 14.4 Å². The molecule has 0 aliphatic carbocycles. The summed E-state index contributed by atoms with van der Waals surface area (Å²) in [6.45, 7) is -0.976. The van der Waals surface area contributed by atoms with Crippen molar-refractivity contribution >= 4 is 17.8 Å². The molecule has 0 saturated carbocycles. The number of carboxylic acids is 1. The summed E-state index contributed by atoms with van der Waals surface area (Å²) < 4.78 is 5.16. The van der Waals surface area contributed by atoms with Crippen LogP contribution in [0.1, 0.15) is 0 Å². The van der Waals surface area contributed by atoms with Crippen molar-refractivity contribution in [1.29, 1.82) is 0 Å². The summed E-state index contributed by atoms with van der Waals surface area (Å²) in [5.74, 6) is -1.63. The molecule has 1 aromatic carbocycles. The number of carboxylic acid groups (broad SMARTS) is 1. The van der Waals surface area contributed by atoms with Crippen LogP contribution in [0.25, 0.3) is 0 Å². The van der Waals surface area contributed by atoms with Crippen molar-refractivity contribution in [3.8, 4) is 5.75 Å². The van der Waals surface area contributed by atoms with Crippen molar-refractivity contribution in [3.05, 3.63) is 30.3 Å². The smallest absolute Gasteiger partial charge is 0.322 e. The molecule has 0 aromatic heterocycles. The van der Waals surface area contributed by atoms with Gasteiger partial charge in [-0.3, -0.25) is 14.4 Å². The van der Waals surface area contributed by atoms with Gasteiger partial charge >= 0.3 is 5.97 Å². The lowest BCUT2D eigenvalue weighted by molar-refractivity contribution is -0.137. The van der Waals surface area contributed by atoms with Crippen molar-refractivity contribution in [3.63, 3.8) is 0 Å². The molecule has 0 saturated heterocycles. The average Bonchev–Trinajstić information content (AvgIpc) is 2.41. The second kappa shape index (κ2) is 7.70. The molecule has 1 aromatic rings. The molecular formula is C12H14N2O5. The van der Waals surface area contributed by atoms with E-state index < -0.39 is 24.3 Å². The van der Waals surface area contributed by atoms with Crippen LogP contribution in [-0.4, -0.2) is 42.6 Å². The summed E-state index contributed by atoms with van der Waals surface area (Å²) in [5.41, 5.74) is 0. The number of carbonyl (C=O) groups excluding carboxylic acids is 2. The third kappa shape index (κ3) is 6.67. The predicted octanol–water partition coefficient (Wildman–Crippen LogP) is -0.618. The molecule has 0 unspecified atom stereocenters. The highest BCUT2D eigenvalue weighted by molar-refractivity contribution is 5.87. The van der Waals surface area contributed by atoms with Crippen LogP contribution in [0.15, 0.2) is 30.3 Å². The van der Waals surface area contributed by atoms with E-state index in [1.165, 1.54) is 0 Å². The maximum atomic E-state index is 11.3. The Balaban J connectivity index is 2.17. The number of para-hydroxylation sites is 1. The standard InChI is InChI=1S/C12H14N2O5/c15-10(14-7-12(17)18)6-13-11(16)8-19-9-4-2-1-3-5-9/h1-5H,6-8H2,(H,13,16)(H,14,15)(H,17,18). The van der Waals surface area contributed by atoms with E-state index in [-0.39, 0.29) is 13.2 Å². The van der Waals surface area contributed by atoms with E-state index in [0.717, 1.165) is 0 Å². The van der Waals surface area contributed by atoms with Crippen molar-refractivity contribution in [2.24, 2.45) is 0 Å². The molecule has 0 aliphatic heterocycles. The minimum absolute atomic E-state index is 0.212. The van der Waals surface area contributed by atoms with Gasteiger partial charge in [0.05, 0.1) is 6.54 Å². The molecule has 0 radical (unpaired) electrons. The molecule has 7 heteroatoms. The Kier molecular flexibility index (Phi) is 5.87. The summed E-state index contributed by atoms with van der Waals surface area (Å²) in [5, 5.41) is 12.8. The topological polar surface area (TPSA) is 105 Å². The first-order valence-corrected chi connectivity index (χ1v) is 5.51. The van der Waals surface area contributed by atoms with Crippen molar-refractivity contribution in [2.75, 3.05) is 19.7 Å². The van der Waals surface area contributed by atoms with Gasteiger partial charge in [0, 0.05) is 0 Å². The summed E-state index contributed by atoms with van der Waals surface area (Å²) in [6, 6.07) is 8.76. The first-order valence-electron chi connectivity index (χ1n) is 5.51. The molecule has 102 valence electrons. The van der Waals surface area contributed by atoms with Crippen LogP contribution in [-0.2, 0) is 14.4 Å². The molecule has 0 heterocycles. The van der Waals surface area contributed by atoms with Gasteiger partial charge in [-0.05, 0) is 12.1 Å². The van der Waals surface area contributed by atoms with Gasteiger partial charge in [-0.15, -0.1) is 0 Å². The largest absolute Gasteiger partial charge is 0.484 e. The van der Waals surface area contributed by atoms with Crippen LogP contribution in [0.4, 0.5) is 0 Å². The Morgan fingerprint density at radius 2 is 1.63 bits per heavy atom. The van der Waals surface area contributed by atoms with Gasteiger partial charge in [-0.2, -0.15) is 0 Å². The molecule has 1 rings (SSSR count). The van der Waals surface area contributed by atoms with Gasteiger partial charge in [0.15, 0.2) is 6.61 Å². The van der Waals surface area contributed by atoms with Crippen molar-refractivity contribution in [2.45, 2.75) is 0 Å². The molecule has 19 heavy (non-hydrogen) atoms. The summed E-state index contributed by atoms with van der Waals surface area (Å²) in [7, 11) is 0. The van der Waals surface area contributed by atoms with E-state index in [1.807, 2.05) is 6.07 Å². The number of nitrogens with one attached hydrogen (secondary N) is 2. The van der Waals surface area contributed by atoms with Crippen LogP contribution in [0.3, 0.4) is 0 Å². The molecule has 0 fully saturated rings. The highest BCUT2D eigenvalue weighted by Gasteiger charge is 2.07. The van der Waals surface area contributed by atoms with E-state index >= 15 is 0 Å². The highest BCUT2D eigenvalue weighted by Crippen LogP contribution is 2.07. The van der Waals surface area contributed by atoms with E-state index in [1.54, 1.807) is 24.3 Å². The quantitative estimate of drug-likeness (QED) is 0.610. The number of benzene rings is 1. The lowest BCUT2D eigenvalue weighted by atomic mass is 10.3. The molecule has 0 aliphatic rings. The van der Waals surface area contributed by atoms with Crippen LogP contribution in [0.2, 0.25) is 0 Å². The highest BCUT2D eigenvalue weighted by atomic mass is 16.5. The minimum atomic E-state index is -1.15. The third-order valence-corrected chi connectivity index (χ3v) is 2.00. The monoisotopic (exact) mass is 266 g/mol. The lowest BCUT2D eigenvalue weighted by Crippen LogP contribution is -2.40. The van der Waals surface area contributed by atoms with Gasteiger partial charge in [-0.25, -0.2) is 0 Å². The molecule has 0 atom stereocenters. The zero-order valence-corrected chi connectivity index (χ0v) is 10.1. The van der Waals surface area contributed by atoms with Crippen molar-refractivity contribution < 1.29 is 24.2 Å². The Morgan fingerprint density at radius 3 is 2.26 bits per heavy atom. The maximum absolute atomic E-state index is 11.3. The number of aliphatic carboxylic acids is 1. The SMILES string of the molecule is O=C(O)CNC(=O)CNC(=O)COc1ccccc1. The molecule has 2 amide bonds. The fourth-order valence-electron chi connectivity index (χ4n) is 1.13. The van der Waals surface area contributed by atoms with Crippen LogP contribution >= 0.6 is 0 Å². The van der Waals surface area contributed by atoms with Gasteiger partial charge in [0.25, 0.3) is 5.91 Å². The number of rotatable bonds is 7. The first-order chi connectivity index (χ1) is 9.08. The average molecular weight is 266 g/mol. The van der Waals surface area contributed by atoms with Gasteiger partial charge < -0.3 is 20.5 Å². The second-order valence-electron chi connectivity index (χ2n) is 3.55. The zero-order valence-electron chi connectivity index (χ0n) is 10.1. The normalized spacial score (nSPS) is 9.47.